The zero-order chi connectivity index (χ0) is 16.2. The number of hydrazine groups is 1. The zero-order valence-corrected chi connectivity index (χ0v) is 12.2. The molecule has 8 nitrogen and oxygen atoms in total. The summed E-state index contributed by atoms with van der Waals surface area (Å²) < 4.78 is 33.3. The summed E-state index contributed by atoms with van der Waals surface area (Å²) >= 11 is 0. The van der Waals surface area contributed by atoms with Gasteiger partial charge < -0.3 is 9.15 Å². The summed E-state index contributed by atoms with van der Waals surface area (Å²) in [5.41, 5.74) is 2.22. The van der Waals surface area contributed by atoms with Gasteiger partial charge in [0.1, 0.15) is 0 Å². The lowest BCUT2D eigenvalue weighted by Crippen LogP contribution is -2.41. The third-order valence-corrected chi connectivity index (χ3v) is 3.89. The Labute approximate surface area is 126 Å². The molecule has 1 aromatic heterocycles. The van der Waals surface area contributed by atoms with Gasteiger partial charge in [-0.15, -0.1) is 4.83 Å². The molecule has 0 aliphatic heterocycles. The summed E-state index contributed by atoms with van der Waals surface area (Å²) in [5.74, 6) is -1.36. The molecule has 0 bridgehead atoms. The molecule has 2 aromatic rings. The van der Waals surface area contributed by atoms with Crippen molar-refractivity contribution < 1.29 is 27.2 Å². The number of furan rings is 1. The van der Waals surface area contributed by atoms with Crippen molar-refractivity contribution in [2.75, 3.05) is 7.11 Å². The fraction of sp³-hybridized carbons (Fsp3) is 0.0769. The van der Waals surface area contributed by atoms with Gasteiger partial charge >= 0.3 is 11.9 Å². The predicted molar refractivity (Wildman–Crippen MR) is 74.3 cm³/mol. The van der Waals surface area contributed by atoms with Crippen molar-refractivity contribution in [2.24, 2.45) is 0 Å². The average molecular weight is 324 g/mol. The lowest BCUT2D eigenvalue weighted by Gasteiger charge is -2.07. The summed E-state index contributed by atoms with van der Waals surface area (Å²) in [6.07, 6.45) is 1.29. The number of esters is 1. The molecule has 1 aromatic carbocycles. The standard InChI is InChI=1S/C13H12N2O6S/c1-20-13(17)9-4-6-10(7-5-9)22(18,19)15-14-12(16)11-3-2-8-21-11/h2-8,15H,1H3,(H,14,16). The van der Waals surface area contributed by atoms with E-state index in [0.717, 1.165) is 0 Å². The maximum Gasteiger partial charge on any atom is 0.337 e. The first-order valence-electron chi connectivity index (χ1n) is 5.98. The Kier molecular flexibility index (Phi) is 4.59. The normalized spacial score (nSPS) is 11.0. The molecule has 2 N–H and O–H groups in total. The fourth-order valence-corrected chi connectivity index (χ4v) is 2.37. The molecule has 9 heteroatoms. The van der Waals surface area contributed by atoms with E-state index in [1.165, 1.54) is 49.8 Å². The lowest BCUT2D eigenvalue weighted by molar-refractivity contribution is 0.0600. The zero-order valence-electron chi connectivity index (χ0n) is 11.4. The quantitative estimate of drug-likeness (QED) is 0.618. The van der Waals surface area contributed by atoms with Crippen LogP contribution in [-0.4, -0.2) is 27.4 Å². The van der Waals surface area contributed by atoms with Crippen LogP contribution >= 0.6 is 0 Å². The number of rotatable bonds is 5. The number of amides is 1. The Bertz CT molecular complexity index is 765. The van der Waals surface area contributed by atoms with Crippen molar-refractivity contribution in [3.63, 3.8) is 0 Å². The minimum absolute atomic E-state index is 0.0382. The van der Waals surface area contributed by atoms with E-state index in [0.29, 0.717) is 0 Å². The van der Waals surface area contributed by atoms with Crippen LogP contribution in [0.1, 0.15) is 20.9 Å². The summed E-state index contributed by atoms with van der Waals surface area (Å²) in [6.45, 7) is 0. The van der Waals surface area contributed by atoms with Gasteiger partial charge in [-0.3, -0.25) is 10.2 Å². The summed E-state index contributed by atoms with van der Waals surface area (Å²) in [4.78, 5) is 24.6. The smallest absolute Gasteiger partial charge is 0.337 e. The van der Waals surface area contributed by atoms with Gasteiger partial charge in [-0.05, 0) is 36.4 Å². The SMILES string of the molecule is COC(=O)c1ccc(S(=O)(=O)NNC(=O)c2ccco2)cc1. The first-order valence-corrected chi connectivity index (χ1v) is 7.46. The number of methoxy groups -OCH3 is 1. The van der Waals surface area contributed by atoms with Crippen LogP contribution in [0.25, 0.3) is 0 Å². The molecule has 0 spiro atoms. The maximum absolute atomic E-state index is 12.0. The van der Waals surface area contributed by atoms with E-state index in [4.69, 9.17) is 4.42 Å². The molecule has 0 radical (unpaired) electrons. The van der Waals surface area contributed by atoms with Crippen molar-refractivity contribution in [1.82, 2.24) is 10.3 Å². The van der Waals surface area contributed by atoms with Gasteiger partial charge in [0, 0.05) is 0 Å². The molecule has 0 unspecified atom stereocenters. The Morgan fingerprint density at radius 1 is 1.14 bits per heavy atom. The van der Waals surface area contributed by atoms with E-state index in [-0.39, 0.29) is 16.2 Å². The second kappa shape index (κ2) is 6.41. The second-order valence-electron chi connectivity index (χ2n) is 4.05. The minimum atomic E-state index is -3.97. The van der Waals surface area contributed by atoms with E-state index in [1.807, 2.05) is 10.3 Å². The Hall–Kier alpha value is -2.65. The van der Waals surface area contributed by atoms with Crippen LogP contribution in [0.5, 0.6) is 0 Å². The second-order valence-corrected chi connectivity index (χ2v) is 5.74. The Morgan fingerprint density at radius 3 is 2.36 bits per heavy atom. The number of ether oxygens (including phenoxy) is 1. The maximum atomic E-state index is 12.0. The van der Waals surface area contributed by atoms with Crippen molar-refractivity contribution in [2.45, 2.75) is 4.90 Å². The summed E-state index contributed by atoms with van der Waals surface area (Å²) in [6, 6.07) is 7.91. The first-order chi connectivity index (χ1) is 10.4. The third kappa shape index (κ3) is 3.51. The fourth-order valence-electron chi connectivity index (χ4n) is 1.53. The van der Waals surface area contributed by atoms with Gasteiger partial charge in [-0.1, -0.05) is 0 Å². The van der Waals surface area contributed by atoms with Gasteiger partial charge in [0.2, 0.25) is 0 Å². The Morgan fingerprint density at radius 2 is 1.82 bits per heavy atom. The van der Waals surface area contributed by atoms with Gasteiger partial charge in [0.05, 0.1) is 23.8 Å². The van der Waals surface area contributed by atoms with E-state index in [1.54, 1.807) is 0 Å². The molecule has 0 aliphatic carbocycles. The molecule has 116 valence electrons. The van der Waals surface area contributed by atoms with E-state index >= 15 is 0 Å². The van der Waals surface area contributed by atoms with Crippen LogP contribution in [0.3, 0.4) is 0 Å². The summed E-state index contributed by atoms with van der Waals surface area (Å²) in [7, 11) is -2.75. The highest BCUT2D eigenvalue weighted by Crippen LogP contribution is 2.11. The van der Waals surface area contributed by atoms with Crippen LogP contribution in [0.15, 0.2) is 52.0 Å². The molecule has 1 amide bonds. The van der Waals surface area contributed by atoms with Crippen LogP contribution in [0, 0.1) is 0 Å². The highest BCUT2D eigenvalue weighted by atomic mass is 32.2. The molecule has 0 atom stereocenters. The topological polar surface area (TPSA) is 115 Å². The largest absolute Gasteiger partial charge is 0.465 e. The summed E-state index contributed by atoms with van der Waals surface area (Å²) in [5, 5.41) is 0. The lowest BCUT2D eigenvalue weighted by atomic mass is 10.2. The highest BCUT2D eigenvalue weighted by molar-refractivity contribution is 7.89. The first kappa shape index (κ1) is 15.7. The number of carbonyl (C=O) groups is 2. The number of hydrogen-bond acceptors (Lipinski definition) is 6. The minimum Gasteiger partial charge on any atom is -0.465 e. The molecule has 0 saturated carbocycles. The number of carbonyl (C=O) groups excluding carboxylic acids is 2. The molecule has 2 rings (SSSR count). The van der Waals surface area contributed by atoms with Crippen molar-refractivity contribution in [3.8, 4) is 0 Å². The van der Waals surface area contributed by atoms with Gasteiger partial charge in [-0.25, -0.2) is 13.2 Å². The highest BCUT2D eigenvalue weighted by Gasteiger charge is 2.17. The van der Waals surface area contributed by atoms with Crippen molar-refractivity contribution in [1.29, 1.82) is 0 Å². The van der Waals surface area contributed by atoms with Gasteiger partial charge in [-0.2, -0.15) is 0 Å². The predicted octanol–water partition coefficient (Wildman–Crippen LogP) is 0.689. The molecule has 22 heavy (non-hydrogen) atoms. The monoisotopic (exact) mass is 324 g/mol. The van der Waals surface area contributed by atoms with Gasteiger partial charge in [0.15, 0.2) is 5.76 Å². The number of hydrogen-bond donors (Lipinski definition) is 2. The van der Waals surface area contributed by atoms with E-state index < -0.39 is 21.9 Å². The van der Waals surface area contributed by atoms with Crippen LogP contribution in [-0.2, 0) is 14.8 Å². The van der Waals surface area contributed by atoms with Crippen LogP contribution in [0.4, 0.5) is 0 Å². The molecule has 1 heterocycles. The molecular formula is C13H12N2O6S. The molecule has 0 aliphatic rings. The molecular weight excluding hydrogens is 312 g/mol. The van der Waals surface area contributed by atoms with Crippen LogP contribution in [0.2, 0.25) is 0 Å². The van der Waals surface area contributed by atoms with Crippen LogP contribution < -0.4 is 10.3 Å². The van der Waals surface area contributed by atoms with Crippen molar-refractivity contribution in [3.05, 3.63) is 54.0 Å². The third-order valence-electron chi connectivity index (χ3n) is 2.63. The molecule has 0 saturated heterocycles. The van der Waals surface area contributed by atoms with Gasteiger partial charge in [0.25, 0.3) is 10.0 Å². The van der Waals surface area contributed by atoms with E-state index in [2.05, 4.69) is 4.74 Å². The van der Waals surface area contributed by atoms with Crippen molar-refractivity contribution >= 4 is 21.9 Å². The van der Waals surface area contributed by atoms with E-state index in [9.17, 15) is 18.0 Å². The molecule has 0 fully saturated rings. The number of nitrogens with one attached hydrogen (secondary N) is 2. The number of benzene rings is 1. The Balaban J connectivity index is 2.07. The number of sulfonamides is 1. The average Bonchev–Trinajstić information content (AvgIpc) is 3.06.